The van der Waals surface area contributed by atoms with Crippen LogP contribution in [0, 0.1) is 5.82 Å². The van der Waals surface area contributed by atoms with Gasteiger partial charge in [0.15, 0.2) is 0 Å². The predicted octanol–water partition coefficient (Wildman–Crippen LogP) is 2.75. The fraction of sp³-hybridized carbons (Fsp3) is 0.588. The monoisotopic (exact) mass is 292 g/mol. The maximum atomic E-state index is 13.6. The van der Waals surface area contributed by atoms with E-state index in [1.807, 2.05) is 13.1 Å². The Bertz CT molecular complexity index is 470. The van der Waals surface area contributed by atoms with E-state index in [9.17, 15) is 9.18 Å². The lowest BCUT2D eigenvalue weighted by molar-refractivity contribution is -0.121. The lowest BCUT2D eigenvalue weighted by atomic mass is 9.69. The molecule has 1 aliphatic rings. The number of hydrogen-bond acceptors (Lipinski definition) is 2. The molecule has 3 nitrogen and oxygen atoms in total. The molecule has 0 spiro atoms. The van der Waals surface area contributed by atoms with Crippen LogP contribution in [-0.4, -0.2) is 26.0 Å². The molecular weight excluding hydrogens is 267 g/mol. The second-order valence-electron chi connectivity index (χ2n) is 5.98. The van der Waals surface area contributed by atoms with Crippen molar-refractivity contribution in [3.8, 4) is 0 Å². The highest BCUT2D eigenvalue weighted by Crippen LogP contribution is 2.39. The van der Waals surface area contributed by atoms with Crippen LogP contribution in [0.15, 0.2) is 24.3 Å². The maximum absolute atomic E-state index is 13.6. The molecule has 1 aliphatic carbocycles. The van der Waals surface area contributed by atoms with Crippen molar-refractivity contribution in [2.45, 2.75) is 43.9 Å². The molecule has 1 aromatic carbocycles. The summed E-state index contributed by atoms with van der Waals surface area (Å²) in [4.78, 5) is 11.9. The third-order valence-electron chi connectivity index (χ3n) is 4.47. The van der Waals surface area contributed by atoms with Crippen molar-refractivity contribution in [1.82, 2.24) is 10.6 Å². The second kappa shape index (κ2) is 7.55. The minimum absolute atomic E-state index is 0.0608. The van der Waals surface area contributed by atoms with Gasteiger partial charge in [0.2, 0.25) is 5.91 Å². The zero-order chi connectivity index (χ0) is 15.1. The highest BCUT2D eigenvalue weighted by atomic mass is 19.1. The molecule has 1 fully saturated rings. The van der Waals surface area contributed by atoms with E-state index in [0.29, 0.717) is 19.5 Å². The average Bonchev–Trinajstić information content (AvgIpc) is 2.52. The first kappa shape index (κ1) is 16.0. The Kier molecular flexibility index (Phi) is 5.74. The molecule has 0 aliphatic heterocycles. The fourth-order valence-electron chi connectivity index (χ4n) is 3.21. The Morgan fingerprint density at radius 2 is 2.05 bits per heavy atom. The first-order valence-corrected chi connectivity index (χ1v) is 7.84. The second-order valence-corrected chi connectivity index (χ2v) is 5.98. The number of carbonyl (C=O) groups excluding carboxylic acids is 1. The van der Waals surface area contributed by atoms with Gasteiger partial charge in [-0.25, -0.2) is 4.39 Å². The number of amides is 1. The SMILES string of the molecule is CNCCC(=O)NCC1(c2cccc(F)c2)CCCCC1. The molecule has 1 aromatic rings. The zero-order valence-corrected chi connectivity index (χ0v) is 12.8. The van der Waals surface area contributed by atoms with E-state index in [0.717, 1.165) is 31.2 Å². The first-order valence-electron chi connectivity index (χ1n) is 7.84. The zero-order valence-electron chi connectivity index (χ0n) is 12.8. The van der Waals surface area contributed by atoms with Gasteiger partial charge in [0.1, 0.15) is 5.82 Å². The molecule has 2 N–H and O–H groups in total. The van der Waals surface area contributed by atoms with Crippen LogP contribution in [0.3, 0.4) is 0 Å². The quantitative estimate of drug-likeness (QED) is 0.846. The minimum atomic E-state index is -0.195. The molecule has 0 bridgehead atoms. The van der Waals surface area contributed by atoms with Gasteiger partial charge >= 0.3 is 0 Å². The summed E-state index contributed by atoms with van der Waals surface area (Å²) < 4.78 is 13.6. The van der Waals surface area contributed by atoms with Crippen molar-refractivity contribution in [2.75, 3.05) is 20.1 Å². The largest absolute Gasteiger partial charge is 0.355 e. The number of rotatable bonds is 6. The fourth-order valence-corrected chi connectivity index (χ4v) is 3.21. The molecule has 0 aromatic heterocycles. The third kappa shape index (κ3) is 4.27. The predicted molar refractivity (Wildman–Crippen MR) is 82.7 cm³/mol. The van der Waals surface area contributed by atoms with Crippen LogP contribution < -0.4 is 10.6 Å². The van der Waals surface area contributed by atoms with Crippen LogP contribution in [0.4, 0.5) is 4.39 Å². The van der Waals surface area contributed by atoms with Crippen LogP contribution in [0.2, 0.25) is 0 Å². The van der Waals surface area contributed by atoms with Gasteiger partial charge in [-0.05, 0) is 37.6 Å². The topological polar surface area (TPSA) is 41.1 Å². The Hall–Kier alpha value is -1.42. The summed E-state index contributed by atoms with van der Waals surface area (Å²) in [6.45, 7) is 1.29. The summed E-state index contributed by atoms with van der Waals surface area (Å²) in [5.41, 5.74) is 0.923. The van der Waals surface area contributed by atoms with E-state index < -0.39 is 0 Å². The van der Waals surface area contributed by atoms with Gasteiger partial charge in [-0.3, -0.25) is 4.79 Å². The molecular formula is C17H25FN2O. The molecule has 0 radical (unpaired) electrons. The van der Waals surface area contributed by atoms with E-state index in [1.165, 1.54) is 12.5 Å². The van der Waals surface area contributed by atoms with Gasteiger partial charge in [0, 0.05) is 24.9 Å². The summed E-state index contributed by atoms with van der Waals surface area (Å²) in [6.07, 6.45) is 6.03. The number of hydrogen-bond donors (Lipinski definition) is 2. The van der Waals surface area contributed by atoms with Crippen molar-refractivity contribution in [2.24, 2.45) is 0 Å². The normalized spacial score (nSPS) is 17.4. The Morgan fingerprint density at radius 3 is 2.71 bits per heavy atom. The molecule has 4 heteroatoms. The number of halogens is 1. The molecule has 0 heterocycles. The van der Waals surface area contributed by atoms with Crippen molar-refractivity contribution in [3.63, 3.8) is 0 Å². The smallest absolute Gasteiger partial charge is 0.221 e. The average molecular weight is 292 g/mol. The van der Waals surface area contributed by atoms with Crippen LogP contribution in [0.1, 0.15) is 44.1 Å². The van der Waals surface area contributed by atoms with E-state index in [-0.39, 0.29) is 17.1 Å². The summed E-state index contributed by atoms with van der Waals surface area (Å²) in [7, 11) is 1.84. The van der Waals surface area contributed by atoms with Gasteiger partial charge in [-0.1, -0.05) is 31.4 Å². The molecule has 1 saturated carbocycles. The molecule has 116 valence electrons. The number of nitrogens with one attached hydrogen (secondary N) is 2. The van der Waals surface area contributed by atoms with Gasteiger partial charge in [0.25, 0.3) is 0 Å². The van der Waals surface area contributed by atoms with Gasteiger partial charge in [-0.15, -0.1) is 0 Å². The van der Waals surface area contributed by atoms with Crippen LogP contribution in [0.5, 0.6) is 0 Å². The Morgan fingerprint density at radius 1 is 1.29 bits per heavy atom. The van der Waals surface area contributed by atoms with E-state index in [4.69, 9.17) is 0 Å². The molecule has 2 rings (SSSR count). The van der Waals surface area contributed by atoms with Crippen LogP contribution in [-0.2, 0) is 10.2 Å². The van der Waals surface area contributed by atoms with Crippen molar-refractivity contribution in [1.29, 1.82) is 0 Å². The lowest BCUT2D eigenvalue weighted by Crippen LogP contribution is -2.42. The van der Waals surface area contributed by atoms with Crippen LogP contribution >= 0.6 is 0 Å². The first-order chi connectivity index (χ1) is 10.2. The van der Waals surface area contributed by atoms with E-state index >= 15 is 0 Å². The van der Waals surface area contributed by atoms with Gasteiger partial charge in [0.05, 0.1) is 0 Å². The standard InChI is InChI=1S/C17H25FN2O/c1-19-11-8-16(21)20-13-17(9-3-2-4-10-17)14-6-5-7-15(18)12-14/h5-7,12,19H,2-4,8-11,13H2,1H3,(H,20,21). The highest BCUT2D eigenvalue weighted by molar-refractivity contribution is 5.76. The van der Waals surface area contributed by atoms with Crippen molar-refractivity contribution in [3.05, 3.63) is 35.6 Å². The van der Waals surface area contributed by atoms with Crippen LogP contribution in [0.25, 0.3) is 0 Å². The van der Waals surface area contributed by atoms with E-state index in [1.54, 1.807) is 12.1 Å². The maximum Gasteiger partial charge on any atom is 0.221 e. The molecule has 0 saturated heterocycles. The Labute approximate surface area is 126 Å². The number of carbonyl (C=O) groups is 1. The lowest BCUT2D eigenvalue weighted by Gasteiger charge is -2.38. The summed E-state index contributed by atoms with van der Waals surface area (Å²) in [6, 6.07) is 6.87. The van der Waals surface area contributed by atoms with Gasteiger partial charge in [-0.2, -0.15) is 0 Å². The molecule has 0 unspecified atom stereocenters. The van der Waals surface area contributed by atoms with Crippen molar-refractivity contribution >= 4 is 5.91 Å². The van der Waals surface area contributed by atoms with Crippen molar-refractivity contribution < 1.29 is 9.18 Å². The number of benzene rings is 1. The Balaban J connectivity index is 2.08. The third-order valence-corrected chi connectivity index (χ3v) is 4.47. The van der Waals surface area contributed by atoms with Gasteiger partial charge < -0.3 is 10.6 Å². The summed E-state index contributed by atoms with van der Waals surface area (Å²) >= 11 is 0. The summed E-state index contributed by atoms with van der Waals surface area (Å²) in [5, 5.41) is 6.02. The molecule has 0 atom stereocenters. The highest BCUT2D eigenvalue weighted by Gasteiger charge is 2.34. The minimum Gasteiger partial charge on any atom is -0.355 e. The molecule has 21 heavy (non-hydrogen) atoms. The van der Waals surface area contributed by atoms with E-state index in [2.05, 4.69) is 10.6 Å². The molecule has 1 amide bonds. The summed E-state index contributed by atoms with van der Waals surface area (Å²) in [5.74, 6) is -0.135.